The highest BCUT2D eigenvalue weighted by molar-refractivity contribution is 8.03. The summed E-state index contributed by atoms with van der Waals surface area (Å²) in [6, 6.07) is 0.0921. The van der Waals surface area contributed by atoms with E-state index < -0.39 is 0 Å². The average Bonchev–Trinajstić information content (AvgIpc) is 2.08. The predicted molar refractivity (Wildman–Crippen MR) is 60.5 cm³/mol. The Labute approximate surface area is 84.0 Å². The Morgan fingerprint density at radius 2 is 2.46 bits per heavy atom. The number of nitrogens with two attached hydrogens (primary N) is 1. The van der Waals surface area contributed by atoms with Crippen molar-refractivity contribution in [1.29, 1.82) is 0 Å². The van der Waals surface area contributed by atoms with Crippen molar-refractivity contribution in [2.75, 3.05) is 12.3 Å². The van der Waals surface area contributed by atoms with E-state index in [-0.39, 0.29) is 6.04 Å². The summed E-state index contributed by atoms with van der Waals surface area (Å²) in [5, 5.41) is 3.33. The minimum absolute atomic E-state index is 0.0921. The Hall–Kier alpha value is -0.670. The van der Waals surface area contributed by atoms with Crippen LogP contribution in [0.1, 0.15) is 6.92 Å². The number of rotatable bonds is 2. The molecule has 1 aliphatic heterocycles. The van der Waals surface area contributed by atoms with Gasteiger partial charge in [0, 0.05) is 28.9 Å². The molecule has 13 heavy (non-hydrogen) atoms. The van der Waals surface area contributed by atoms with Crippen LogP contribution >= 0.6 is 11.8 Å². The van der Waals surface area contributed by atoms with E-state index in [1.54, 1.807) is 0 Å². The second-order valence-electron chi connectivity index (χ2n) is 2.98. The fourth-order valence-electron chi connectivity index (χ4n) is 1.16. The molecule has 0 saturated carbocycles. The van der Waals surface area contributed by atoms with Crippen LogP contribution < -0.4 is 11.1 Å². The standard InChI is InChI=1S/C10H16N2S/c1-3-4-10-9(7-8(2)11)12-5-6-13-10/h3-4,7-8,12H,1,5-6,11H2,2H3/b9-7+,10-4+. The summed E-state index contributed by atoms with van der Waals surface area (Å²) in [5.74, 6) is 1.11. The summed E-state index contributed by atoms with van der Waals surface area (Å²) in [7, 11) is 0. The first kappa shape index (κ1) is 10.4. The number of thioether (sulfide) groups is 1. The summed E-state index contributed by atoms with van der Waals surface area (Å²) >= 11 is 1.84. The van der Waals surface area contributed by atoms with E-state index >= 15 is 0 Å². The molecule has 1 rings (SSSR count). The minimum Gasteiger partial charge on any atom is -0.384 e. The molecule has 1 aliphatic rings. The molecule has 1 unspecified atom stereocenters. The predicted octanol–water partition coefficient (Wildman–Crippen LogP) is 1.62. The average molecular weight is 196 g/mol. The first-order valence-corrected chi connectivity index (χ1v) is 5.39. The third kappa shape index (κ3) is 3.28. The van der Waals surface area contributed by atoms with Crippen molar-refractivity contribution in [3.05, 3.63) is 35.4 Å². The van der Waals surface area contributed by atoms with E-state index in [9.17, 15) is 0 Å². The van der Waals surface area contributed by atoms with Gasteiger partial charge in [-0.3, -0.25) is 0 Å². The van der Waals surface area contributed by atoms with Gasteiger partial charge in [0.15, 0.2) is 0 Å². The summed E-state index contributed by atoms with van der Waals surface area (Å²) in [4.78, 5) is 1.23. The fraction of sp³-hybridized carbons (Fsp3) is 0.400. The highest BCUT2D eigenvalue weighted by Gasteiger charge is 2.10. The van der Waals surface area contributed by atoms with Gasteiger partial charge in [0.2, 0.25) is 0 Å². The van der Waals surface area contributed by atoms with Gasteiger partial charge in [0.05, 0.1) is 0 Å². The van der Waals surface area contributed by atoms with Gasteiger partial charge in [-0.05, 0) is 19.1 Å². The molecule has 3 heteroatoms. The topological polar surface area (TPSA) is 38.0 Å². The molecule has 72 valence electrons. The lowest BCUT2D eigenvalue weighted by Gasteiger charge is -2.20. The zero-order chi connectivity index (χ0) is 9.68. The first-order valence-electron chi connectivity index (χ1n) is 4.41. The van der Waals surface area contributed by atoms with Gasteiger partial charge in [-0.1, -0.05) is 12.7 Å². The van der Waals surface area contributed by atoms with Gasteiger partial charge in [-0.25, -0.2) is 0 Å². The van der Waals surface area contributed by atoms with Crippen molar-refractivity contribution in [2.24, 2.45) is 5.73 Å². The van der Waals surface area contributed by atoms with E-state index in [0.29, 0.717) is 0 Å². The molecule has 0 aromatic carbocycles. The summed E-state index contributed by atoms with van der Waals surface area (Å²) in [6.45, 7) is 6.68. The van der Waals surface area contributed by atoms with Crippen LogP contribution in [0.3, 0.4) is 0 Å². The van der Waals surface area contributed by atoms with Gasteiger partial charge in [0.25, 0.3) is 0 Å². The molecule has 0 aromatic rings. The summed E-state index contributed by atoms with van der Waals surface area (Å²) in [5.41, 5.74) is 6.85. The Morgan fingerprint density at radius 1 is 1.69 bits per heavy atom. The Morgan fingerprint density at radius 3 is 3.08 bits per heavy atom. The molecule has 0 bridgehead atoms. The molecule has 1 fully saturated rings. The minimum atomic E-state index is 0.0921. The number of allylic oxidation sites excluding steroid dienone is 2. The van der Waals surface area contributed by atoms with Crippen LogP contribution in [-0.4, -0.2) is 18.3 Å². The summed E-state index contributed by atoms with van der Waals surface area (Å²) < 4.78 is 0. The van der Waals surface area contributed by atoms with Gasteiger partial charge >= 0.3 is 0 Å². The maximum Gasteiger partial charge on any atom is 0.0453 e. The van der Waals surface area contributed by atoms with Crippen LogP contribution in [0.25, 0.3) is 0 Å². The second kappa shape index (κ2) is 5.14. The zero-order valence-corrected chi connectivity index (χ0v) is 8.73. The maximum absolute atomic E-state index is 5.70. The molecule has 3 N–H and O–H groups in total. The third-order valence-electron chi connectivity index (χ3n) is 1.64. The van der Waals surface area contributed by atoms with E-state index in [2.05, 4.69) is 11.9 Å². The molecule has 0 spiro atoms. The van der Waals surface area contributed by atoms with Gasteiger partial charge in [0.1, 0.15) is 0 Å². The first-order chi connectivity index (χ1) is 6.24. The van der Waals surface area contributed by atoms with Crippen LogP contribution in [0.15, 0.2) is 35.4 Å². The summed E-state index contributed by atoms with van der Waals surface area (Å²) in [6.07, 6.45) is 5.87. The van der Waals surface area contributed by atoms with Crippen molar-refractivity contribution in [2.45, 2.75) is 13.0 Å². The molecule has 2 nitrogen and oxygen atoms in total. The molecule has 0 radical (unpaired) electrons. The second-order valence-corrected chi connectivity index (χ2v) is 4.12. The smallest absolute Gasteiger partial charge is 0.0453 e. The van der Waals surface area contributed by atoms with Crippen molar-refractivity contribution in [3.8, 4) is 0 Å². The molecule has 0 amide bonds. The van der Waals surface area contributed by atoms with Crippen LogP contribution in [0, 0.1) is 0 Å². The molecule has 1 atom stereocenters. The Bertz CT molecular complexity index is 241. The SMILES string of the molecule is C=C/C=C1/SCCN/C1=C/C(C)N. The van der Waals surface area contributed by atoms with Crippen LogP contribution in [0.5, 0.6) is 0 Å². The quantitative estimate of drug-likeness (QED) is 0.705. The van der Waals surface area contributed by atoms with Crippen LogP contribution in [-0.2, 0) is 0 Å². The largest absolute Gasteiger partial charge is 0.384 e. The maximum atomic E-state index is 5.70. The Balaban J connectivity index is 2.78. The molecular weight excluding hydrogens is 180 g/mol. The molecular formula is C10H16N2S. The zero-order valence-electron chi connectivity index (χ0n) is 7.92. The normalized spacial score (nSPS) is 25.7. The van der Waals surface area contributed by atoms with Crippen molar-refractivity contribution >= 4 is 11.8 Å². The van der Waals surface area contributed by atoms with Crippen molar-refractivity contribution in [1.82, 2.24) is 5.32 Å². The number of hydrogen-bond acceptors (Lipinski definition) is 3. The molecule has 0 aromatic heterocycles. The Kier molecular flexibility index (Phi) is 4.12. The van der Waals surface area contributed by atoms with Gasteiger partial charge in [-0.2, -0.15) is 0 Å². The van der Waals surface area contributed by atoms with Gasteiger partial charge in [-0.15, -0.1) is 11.8 Å². The lowest BCUT2D eigenvalue weighted by atomic mass is 10.2. The molecule has 1 heterocycles. The van der Waals surface area contributed by atoms with Crippen molar-refractivity contribution < 1.29 is 0 Å². The number of hydrogen-bond donors (Lipinski definition) is 2. The van der Waals surface area contributed by atoms with Crippen LogP contribution in [0.2, 0.25) is 0 Å². The fourth-order valence-corrected chi connectivity index (χ4v) is 2.07. The van der Waals surface area contributed by atoms with E-state index in [0.717, 1.165) is 18.0 Å². The van der Waals surface area contributed by atoms with Crippen molar-refractivity contribution in [3.63, 3.8) is 0 Å². The lowest BCUT2D eigenvalue weighted by Crippen LogP contribution is -2.25. The number of nitrogens with one attached hydrogen (secondary N) is 1. The highest BCUT2D eigenvalue weighted by Crippen LogP contribution is 2.25. The lowest BCUT2D eigenvalue weighted by molar-refractivity contribution is 0.834. The third-order valence-corrected chi connectivity index (χ3v) is 2.71. The highest BCUT2D eigenvalue weighted by atomic mass is 32.2. The van der Waals surface area contributed by atoms with E-state index in [1.807, 2.05) is 36.9 Å². The molecule has 0 aliphatic carbocycles. The monoisotopic (exact) mass is 196 g/mol. The van der Waals surface area contributed by atoms with Crippen LogP contribution in [0.4, 0.5) is 0 Å². The molecule has 1 saturated heterocycles. The van der Waals surface area contributed by atoms with E-state index in [1.165, 1.54) is 4.91 Å². The van der Waals surface area contributed by atoms with Gasteiger partial charge < -0.3 is 11.1 Å². The van der Waals surface area contributed by atoms with E-state index in [4.69, 9.17) is 5.73 Å².